The number of methoxy groups -OCH3 is 1. The summed E-state index contributed by atoms with van der Waals surface area (Å²) in [6, 6.07) is 0. The quantitative estimate of drug-likeness (QED) is 0.668. The summed E-state index contributed by atoms with van der Waals surface area (Å²) in [4.78, 5) is 11.0. The van der Waals surface area contributed by atoms with Crippen LogP contribution in [0.25, 0.3) is 0 Å². The Morgan fingerprint density at radius 1 is 1.57 bits per heavy atom. The Bertz CT molecular complexity index is 370. The number of aromatic nitrogens is 2. The standard InChI is InChI=1S/C9H12N2O3/c1-9(2)4-5(9)6-10-11-7(14-6)8(12)13-3/h5H,4H2,1-3H3. The topological polar surface area (TPSA) is 65.2 Å². The summed E-state index contributed by atoms with van der Waals surface area (Å²) in [5, 5.41) is 7.45. The zero-order chi connectivity index (χ0) is 10.3. The minimum absolute atomic E-state index is 0.0646. The zero-order valence-corrected chi connectivity index (χ0v) is 8.40. The molecule has 1 heterocycles. The van der Waals surface area contributed by atoms with E-state index in [4.69, 9.17) is 4.42 Å². The molecule has 0 amide bonds. The normalized spacial score (nSPS) is 23.2. The van der Waals surface area contributed by atoms with Gasteiger partial charge in [0.2, 0.25) is 5.89 Å². The molecule has 0 radical (unpaired) electrons. The van der Waals surface area contributed by atoms with Crippen LogP contribution < -0.4 is 0 Å². The van der Waals surface area contributed by atoms with E-state index in [1.807, 2.05) is 0 Å². The van der Waals surface area contributed by atoms with Gasteiger partial charge in [-0.1, -0.05) is 13.8 Å². The molecule has 0 aliphatic heterocycles. The number of rotatable bonds is 2. The lowest BCUT2D eigenvalue weighted by atomic mass is 10.1. The third-order valence-corrected chi connectivity index (χ3v) is 2.61. The highest BCUT2D eigenvalue weighted by atomic mass is 16.5. The van der Waals surface area contributed by atoms with E-state index in [1.165, 1.54) is 7.11 Å². The summed E-state index contributed by atoms with van der Waals surface area (Å²) >= 11 is 0. The number of hydrogen-bond donors (Lipinski definition) is 0. The molecule has 0 aromatic carbocycles. The summed E-state index contributed by atoms with van der Waals surface area (Å²) in [5.41, 5.74) is 0.222. The van der Waals surface area contributed by atoms with E-state index in [0.717, 1.165) is 6.42 Å². The van der Waals surface area contributed by atoms with Crippen molar-refractivity contribution in [1.82, 2.24) is 10.2 Å². The first kappa shape index (κ1) is 9.18. The van der Waals surface area contributed by atoms with E-state index in [1.54, 1.807) is 0 Å². The summed E-state index contributed by atoms with van der Waals surface area (Å²) in [6.07, 6.45) is 1.02. The minimum Gasteiger partial charge on any atom is -0.462 e. The Labute approximate surface area is 81.5 Å². The third kappa shape index (κ3) is 1.38. The molecule has 5 nitrogen and oxygen atoms in total. The average molecular weight is 196 g/mol. The molecule has 1 saturated carbocycles. The second-order valence-electron chi connectivity index (χ2n) is 4.18. The molecule has 76 valence electrons. The van der Waals surface area contributed by atoms with Crippen molar-refractivity contribution < 1.29 is 13.9 Å². The van der Waals surface area contributed by atoms with Crippen molar-refractivity contribution in [2.24, 2.45) is 5.41 Å². The molecule has 1 atom stereocenters. The number of esters is 1. The first-order valence-electron chi connectivity index (χ1n) is 4.46. The van der Waals surface area contributed by atoms with Gasteiger partial charge in [-0.3, -0.25) is 0 Å². The molecule has 0 bridgehead atoms. The van der Waals surface area contributed by atoms with Crippen molar-refractivity contribution >= 4 is 5.97 Å². The van der Waals surface area contributed by atoms with Crippen molar-refractivity contribution in [3.05, 3.63) is 11.8 Å². The van der Waals surface area contributed by atoms with Gasteiger partial charge >= 0.3 is 11.9 Å². The van der Waals surface area contributed by atoms with Crippen LogP contribution >= 0.6 is 0 Å². The van der Waals surface area contributed by atoms with Gasteiger partial charge in [-0.2, -0.15) is 0 Å². The van der Waals surface area contributed by atoms with Gasteiger partial charge in [-0.05, 0) is 11.8 Å². The molecule has 1 aromatic heterocycles. The highest BCUT2D eigenvalue weighted by molar-refractivity contribution is 5.83. The Balaban J connectivity index is 2.15. The fraction of sp³-hybridized carbons (Fsp3) is 0.667. The average Bonchev–Trinajstić information content (AvgIpc) is 2.64. The number of hydrogen-bond acceptors (Lipinski definition) is 5. The van der Waals surface area contributed by atoms with Crippen LogP contribution in [0.2, 0.25) is 0 Å². The second kappa shape index (κ2) is 2.80. The maximum atomic E-state index is 11.0. The third-order valence-electron chi connectivity index (χ3n) is 2.61. The molecule has 1 aromatic rings. The molecule has 1 fully saturated rings. The van der Waals surface area contributed by atoms with E-state index in [9.17, 15) is 4.79 Å². The molecule has 2 rings (SSSR count). The van der Waals surface area contributed by atoms with Gasteiger partial charge in [0.1, 0.15) is 0 Å². The molecular weight excluding hydrogens is 184 g/mol. The van der Waals surface area contributed by atoms with Crippen LogP contribution in [0.4, 0.5) is 0 Å². The molecule has 1 unspecified atom stereocenters. The number of ether oxygens (including phenoxy) is 1. The van der Waals surface area contributed by atoms with Gasteiger partial charge < -0.3 is 9.15 Å². The smallest absolute Gasteiger partial charge is 0.396 e. The van der Waals surface area contributed by atoms with Crippen LogP contribution in [0, 0.1) is 5.41 Å². The Morgan fingerprint density at radius 3 is 2.71 bits per heavy atom. The molecule has 5 heteroatoms. The van der Waals surface area contributed by atoms with Gasteiger partial charge in [-0.25, -0.2) is 4.79 Å². The lowest BCUT2D eigenvalue weighted by Crippen LogP contribution is -2.00. The van der Waals surface area contributed by atoms with E-state index in [-0.39, 0.29) is 17.2 Å². The Morgan fingerprint density at radius 2 is 2.21 bits per heavy atom. The van der Waals surface area contributed by atoms with Crippen molar-refractivity contribution in [2.75, 3.05) is 7.11 Å². The highest BCUT2D eigenvalue weighted by Gasteiger charge is 2.50. The molecule has 0 saturated heterocycles. The Kier molecular flexibility index (Phi) is 1.83. The van der Waals surface area contributed by atoms with Crippen LogP contribution in [-0.2, 0) is 4.74 Å². The SMILES string of the molecule is COC(=O)c1nnc(C2CC2(C)C)o1. The fourth-order valence-corrected chi connectivity index (χ4v) is 1.43. The first-order valence-corrected chi connectivity index (χ1v) is 4.46. The zero-order valence-electron chi connectivity index (χ0n) is 8.40. The lowest BCUT2D eigenvalue weighted by Gasteiger charge is -1.96. The van der Waals surface area contributed by atoms with E-state index < -0.39 is 5.97 Å². The fourth-order valence-electron chi connectivity index (χ4n) is 1.43. The monoisotopic (exact) mass is 196 g/mol. The van der Waals surface area contributed by atoms with Gasteiger partial charge in [-0.15, -0.1) is 10.2 Å². The van der Waals surface area contributed by atoms with Crippen molar-refractivity contribution in [1.29, 1.82) is 0 Å². The molecular formula is C9H12N2O3. The van der Waals surface area contributed by atoms with Gasteiger partial charge in [0, 0.05) is 5.92 Å². The van der Waals surface area contributed by atoms with Crippen LogP contribution in [0.15, 0.2) is 4.42 Å². The first-order chi connectivity index (χ1) is 6.54. The molecule has 1 aliphatic carbocycles. The summed E-state index contributed by atoms with van der Waals surface area (Å²) in [5.74, 6) is 0.177. The minimum atomic E-state index is -0.581. The Hall–Kier alpha value is -1.39. The van der Waals surface area contributed by atoms with Crippen LogP contribution in [0.5, 0.6) is 0 Å². The van der Waals surface area contributed by atoms with Crippen LogP contribution in [-0.4, -0.2) is 23.3 Å². The van der Waals surface area contributed by atoms with Crippen molar-refractivity contribution in [3.63, 3.8) is 0 Å². The summed E-state index contributed by atoms with van der Waals surface area (Å²) in [6.45, 7) is 4.25. The molecule has 0 N–H and O–H groups in total. The van der Waals surface area contributed by atoms with Crippen molar-refractivity contribution in [2.45, 2.75) is 26.2 Å². The summed E-state index contributed by atoms with van der Waals surface area (Å²) in [7, 11) is 1.28. The molecule has 0 spiro atoms. The van der Waals surface area contributed by atoms with Crippen LogP contribution in [0.3, 0.4) is 0 Å². The van der Waals surface area contributed by atoms with Gasteiger partial charge in [0.15, 0.2) is 0 Å². The lowest BCUT2D eigenvalue weighted by molar-refractivity contribution is 0.0553. The van der Waals surface area contributed by atoms with Crippen molar-refractivity contribution in [3.8, 4) is 0 Å². The maximum absolute atomic E-state index is 11.0. The number of carbonyl (C=O) groups excluding carboxylic acids is 1. The maximum Gasteiger partial charge on any atom is 0.396 e. The second-order valence-corrected chi connectivity index (χ2v) is 4.18. The summed E-state index contributed by atoms with van der Waals surface area (Å²) < 4.78 is 9.67. The predicted octanol–water partition coefficient (Wildman–Crippen LogP) is 1.37. The van der Waals surface area contributed by atoms with Gasteiger partial charge in [0.25, 0.3) is 0 Å². The largest absolute Gasteiger partial charge is 0.462 e. The van der Waals surface area contributed by atoms with E-state index >= 15 is 0 Å². The molecule has 14 heavy (non-hydrogen) atoms. The van der Waals surface area contributed by atoms with E-state index in [2.05, 4.69) is 28.8 Å². The predicted molar refractivity (Wildman–Crippen MR) is 46.8 cm³/mol. The van der Waals surface area contributed by atoms with Crippen LogP contribution in [0.1, 0.15) is 42.8 Å². The number of carbonyl (C=O) groups is 1. The number of nitrogens with zero attached hydrogens (tertiary/aromatic N) is 2. The van der Waals surface area contributed by atoms with Gasteiger partial charge in [0.05, 0.1) is 7.11 Å². The molecule has 1 aliphatic rings. The van der Waals surface area contributed by atoms with E-state index in [0.29, 0.717) is 5.89 Å². The highest BCUT2D eigenvalue weighted by Crippen LogP contribution is 2.58.